The van der Waals surface area contributed by atoms with Gasteiger partial charge in [0, 0.05) is 49.1 Å². The highest BCUT2D eigenvalue weighted by Gasteiger charge is 2.52. The number of hydrogen-bond donors (Lipinski definition) is 4. The van der Waals surface area contributed by atoms with Crippen molar-refractivity contribution < 1.29 is 9.90 Å². The second-order valence-electron chi connectivity index (χ2n) is 7.00. The van der Waals surface area contributed by atoms with E-state index in [1.54, 1.807) is 0 Å². The molecule has 1 unspecified atom stereocenters. The van der Waals surface area contributed by atoms with E-state index in [2.05, 4.69) is 35.0 Å². The minimum absolute atomic E-state index is 0.377. The first kappa shape index (κ1) is 18.0. The molecule has 2 heterocycles. The molecule has 1 atom stereocenters. The molecule has 0 spiro atoms. The maximum absolute atomic E-state index is 12.4. The van der Waals surface area contributed by atoms with Crippen LogP contribution in [0.1, 0.15) is 12.5 Å². The Hall–Kier alpha value is -2.41. The summed E-state index contributed by atoms with van der Waals surface area (Å²) in [4.78, 5) is 12.4. The maximum Gasteiger partial charge on any atom is 0.336 e. The third kappa shape index (κ3) is 2.72. The summed E-state index contributed by atoms with van der Waals surface area (Å²) in [6, 6.07) is 14.0. The summed E-state index contributed by atoms with van der Waals surface area (Å²) in [7, 11) is 0. The second-order valence-corrected chi connectivity index (χ2v) is 7.00. The Morgan fingerprint density at radius 1 is 0.963 bits per heavy atom. The molecule has 6 heteroatoms. The molecule has 27 heavy (non-hydrogen) atoms. The van der Waals surface area contributed by atoms with Gasteiger partial charge >= 0.3 is 5.97 Å². The van der Waals surface area contributed by atoms with Crippen molar-refractivity contribution in [3.05, 3.63) is 48.0 Å². The zero-order chi connectivity index (χ0) is 18.9. The molecular formula is C21H26N4O2. The van der Waals surface area contributed by atoms with E-state index in [-0.39, 0.29) is 0 Å². The van der Waals surface area contributed by atoms with E-state index in [4.69, 9.17) is 0 Å². The van der Waals surface area contributed by atoms with Crippen molar-refractivity contribution in [2.75, 3.05) is 39.3 Å². The average molecular weight is 366 g/mol. The molecule has 0 radical (unpaired) electrons. The van der Waals surface area contributed by atoms with Crippen LogP contribution in [0.4, 0.5) is 0 Å². The molecule has 0 saturated carbocycles. The van der Waals surface area contributed by atoms with Crippen LogP contribution in [0.3, 0.4) is 0 Å². The Morgan fingerprint density at radius 2 is 1.67 bits per heavy atom. The number of rotatable bonds is 10. The fraction of sp³-hybridized carbons (Fsp3) is 0.381. The number of hydrogen-bond acceptors (Lipinski definition) is 4. The lowest BCUT2D eigenvalue weighted by atomic mass is 9.81. The molecule has 6 nitrogen and oxygen atoms in total. The van der Waals surface area contributed by atoms with Crippen LogP contribution in [0.25, 0.3) is 21.8 Å². The monoisotopic (exact) mass is 366 g/mol. The largest absolute Gasteiger partial charge is 0.479 e. The predicted octanol–water partition coefficient (Wildman–Crippen LogP) is 1.72. The molecule has 142 valence electrons. The number of aromatic nitrogens is 1. The van der Waals surface area contributed by atoms with Gasteiger partial charge in [-0.1, -0.05) is 43.3 Å². The van der Waals surface area contributed by atoms with Crippen molar-refractivity contribution in [3.8, 4) is 0 Å². The predicted molar refractivity (Wildman–Crippen MR) is 108 cm³/mol. The lowest BCUT2D eigenvalue weighted by Crippen LogP contribution is -2.56. The smallest absolute Gasteiger partial charge is 0.336 e. The highest BCUT2D eigenvalue weighted by molar-refractivity contribution is 6.15. The number of carbonyl (C=O) groups is 1. The van der Waals surface area contributed by atoms with E-state index in [1.807, 2.05) is 34.9 Å². The fourth-order valence-corrected chi connectivity index (χ4v) is 4.20. The van der Waals surface area contributed by atoms with Gasteiger partial charge in [-0.15, -0.1) is 0 Å². The van der Waals surface area contributed by atoms with Gasteiger partial charge in [-0.05, 0) is 12.6 Å². The van der Waals surface area contributed by atoms with Crippen LogP contribution < -0.4 is 16.0 Å². The first-order chi connectivity index (χ1) is 13.2. The third-order valence-electron chi connectivity index (χ3n) is 5.46. The van der Waals surface area contributed by atoms with Gasteiger partial charge in [-0.25, -0.2) is 4.79 Å². The average Bonchev–Trinajstić information content (AvgIpc) is 3.00. The summed E-state index contributed by atoms with van der Waals surface area (Å²) >= 11 is 0. The van der Waals surface area contributed by atoms with Crippen LogP contribution in [0.15, 0.2) is 42.5 Å². The van der Waals surface area contributed by atoms with Crippen LogP contribution in [-0.4, -0.2) is 54.9 Å². The van der Waals surface area contributed by atoms with Crippen molar-refractivity contribution in [1.29, 1.82) is 0 Å². The molecular weight excluding hydrogens is 340 g/mol. The fourth-order valence-electron chi connectivity index (χ4n) is 4.20. The SMILES string of the molecule is CCNCCNCCNCC1(C(=O)O)c2cccc3c4ccccc4n1c23. The minimum atomic E-state index is -1.04. The van der Waals surface area contributed by atoms with Gasteiger partial charge in [0.2, 0.25) is 0 Å². The summed E-state index contributed by atoms with van der Waals surface area (Å²) in [5, 5.41) is 22.4. The summed E-state index contributed by atoms with van der Waals surface area (Å²) in [5.41, 5.74) is 1.89. The summed E-state index contributed by atoms with van der Waals surface area (Å²) in [5.74, 6) is -0.809. The van der Waals surface area contributed by atoms with E-state index < -0.39 is 11.5 Å². The first-order valence-electron chi connectivity index (χ1n) is 9.60. The normalized spacial score (nSPS) is 18.1. The molecule has 3 aromatic rings. The van der Waals surface area contributed by atoms with E-state index in [1.165, 1.54) is 0 Å². The zero-order valence-electron chi connectivity index (χ0n) is 15.6. The van der Waals surface area contributed by atoms with Crippen LogP contribution in [0.5, 0.6) is 0 Å². The Kier molecular flexibility index (Phi) is 4.86. The standard InChI is InChI=1S/C21H26N4O2/c1-2-22-10-11-23-12-13-24-14-21(20(26)27)17-8-5-7-16-15-6-3-4-9-18(15)25(21)19(16)17/h3-9,22-24H,2,10-14H2,1H3,(H,26,27). The number of nitrogens with one attached hydrogen (secondary N) is 3. The Balaban J connectivity index is 1.54. The number of carboxylic acid groups (broad SMARTS) is 1. The molecule has 0 bridgehead atoms. The third-order valence-corrected chi connectivity index (χ3v) is 5.46. The Morgan fingerprint density at radius 3 is 2.44 bits per heavy atom. The summed E-state index contributed by atoms with van der Waals surface area (Å²) < 4.78 is 2.00. The van der Waals surface area contributed by atoms with Crippen LogP contribution in [0, 0.1) is 0 Å². The van der Waals surface area contributed by atoms with Crippen molar-refractivity contribution in [2.24, 2.45) is 0 Å². The van der Waals surface area contributed by atoms with Crippen LogP contribution in [0.2, 0.25) is 0 Å². The van der Waals surface area contributed by atoms with Gasteiger partial charge in [-0.2, -0.15) is 0 Å². The topological polar surface area (TPSA) is 78.3 Å². The highest BCUT2D eigenvalue weighted by atomic mass is 16.4. The van der Waals surface area contributed by atoms with Gasteiger partial charge in [0.25, 0.3) is 0 Å². The number of benzene rings is 2. The molecule has 0 fully saturated rings. The molecule has 1 aromatic heterocycles. The maximum atomic E-state index is 12.4. The van der Waals surface area contributed by atoms with Gasteiger partial charge < -0.3 is 25.6 Å². The minimum Gasteiger partial charge on any atom is -0.479 e. The molecule has 4 rings (SSSR count). The van der Waals surface area contributed by atoms with Crippen molar-refractivity contribution in [2.45, 2.75) is 12.5 Å². The van der Waals surface area contributed by atoms with Gasteiger partial charge in [-0.3, -0.25) is 0 Å². The lowest BCUT2D eigenvalue weighted by Gasteiger charge is -2.41. The summed E-state index contributed by atoms with van der Waals surface area (Å²) in [6.07, 6.45) is 0. The molecule has 0 aliphatic carbocycles. The van der Waals surface area contributed by atoms with Gasteiger partial charge in [0.15, 0.2) is 5.54 Å². The number of carboxylic acids is 1. The van der Waals surface area contributed by atoms with E-state index in [9.17, 15) is 9.90 Å². The van der Waals surface area contributed by atoms with Crippen molar-refractivity contribution in [3.63, 3.8) is 0 Å². The Bertz CT molecular complexity index is 958. The zero-order valence-corrected chi connectivity index (χ0v) is 15.6. The Labute approximate surface area is 158 Å². The first-order valence-corrected chi connectivity index (χ1v) is 9.60. The van der Waals surface area contributed by atoms with Crippen LogP contribution >= 0.6 is 0 Å². The summed E-state index contributed by atoms with van der Waals surface area (Å²) in [6.45, 7) is 6.82. The van der Waals surface area contributed by atoms with Gasteiger partial charge in [0.1, 0.15) is 0 Å². The number of fused-ring (bicyclic) bond motifs is 3. The van der Waals surface area contributed by atoms with Gasteiger partial charge in [0.05, 0.1) is 11.0 Å². The molecule has 4 N–H and O–H groups in total. The quantitative estimate of drug-likeness (QED) is 0.411. The second kappa shape index (κ2) is 7.31. The van der Waals surface area contributed by atoms with Crippen molar-refractivity contribution in [1.82, 2.24) is 20.5 Å². The molecule has 0 amide bonds. The highest BCUT2D eigenvalue weighted by Crippen LogP contribution is 2.48. The number of likely N-dealkylation sites (N-methyl/N-ethyl adjacent to an activating group) is 1. The molecule has 0 saturated heterocycles. The molecule has 1 aliphatic rings. The van der Waals surface area contributed by atoms with E-state index in [0.29, 0.717) is 6.54 Å². The van der Waals surface area contributed by atoms with E-state index >= 15 is 0 Å². The molecule has 1 aliphatic heterocycles. The van der Waals surface area contributed by atoms with E-state index in [0.717, 1.165) is 60.1 Å². The lowest BCUT2D eigenvalue weighted by molar-refractivity contribution is -0.145. The molecule has 2 aromatic carbocycles. The number of para-hydroxylation sites is 2. The number of aliphatic carboxylic acids is 1. The van der Waals surface area contributed by atoms with Crippen LogP contribution in [-0.2, 0) is 10.3 Å². The number of nitrogens with zero attached hydrogens (tertiary/aromatic N) is 1. The van der Waals surface area contributed by atoms with Crippen molar-refractivity contribution >= 4 is 27.8 Å².